The maximum absolute atomic E-state index is 4.94. The van der Waals surface area contributed by atoms with E-state index in [4.69, 9.17) is 4.74 Å². The van der Waals surface area contributed by atoms with Gasteiger partial charge in [-0.3, -0.25) is 0 Å². The molecule has 0 spiro atoms. The highest BCUT2D eigenvalue weighted by atomic mass is 16.5. The molecule has 0 rings (SSSR count). The first-order valence-electron chi connectivity index (χ1n) is 3.21. The van der Waals surface area contributed by atoms with Crippen molar-refractivity contribution < 1.29 is 4.74 Å². The van der Waals surface area contributed by atoms with Crippen molar-refractivity contribution in [1.29, 1.82) is 0 Å². The van der Waals surface area contributed by atoms with Crippen LogP contribution >= 0.6 is 0 Å². The quantitative estimate of drug-likeness (QED) is 0.415. The predicted molar refractivity (Wildman–Crippen MR) is 40.2 cm³/mol. The zero-order valence-corrected chi connectivity index (χ0v) is 6.18. The Morgan fingerprint density at radius 3 is 2.67 bits per heavy atom. The van der Waals surface area contributed by atoms with Crippen LogP contribution in [0.25, 0.3) is 0 Å². The van der Waals surface area contributed by atoms with Gasteiger partial charge in [-0.1, -0.05) is 19.9 Å². The monoisotopic (exact) mass is 126 g/mol. The van der Waals surface area contributed by atoms with E-state index in [0.717, 1.165) is 18.6 Å². The summed E-state index contributed by atoms with van der Waals surface area (Å²) in [5, 5.41) is 0. The summed E-state index contributed by atoms with van der Waals surface area (Å²) in [6.45, 7) is 5.72. The zero-order valence-electron chi connectivity index (χ0n) is 6.18. The van der Waals surface area contributed by atoms with Crippen LogP contribution in [0.3, 0.4) is 0 Å². The van der Waals surface area contributed by atoms with Gasteiger partial charge < -0.3 is 4.74 Å². The van der Waals surface area contributed by atoms with Gasteiger partial charge >= 0.3 is 0 Å². The van der Waals surface area contributed by atoms with Gasteiger partial charge in [0.1, 0.15) is 5.76 Å². The van der Waals surface area contributed by atoms with E-state index in [9.17, 15) is 0 Å². The normalized spacial score (nSPS) is 11.1. The van der Waals surface area contributed by atoms with Crippen molar-refractivity contribution >= 4 is 0 Å². The fourth-order valence-corrected chi connectivity index (χ4v) is 0.537. The summed E-state index contributed by atoms with van der Waals surface area (Å²) in [5.74, 6) is 0.872. The first-order valence-corrected chi connectivity index (χ1v) is 3.21. The van der Waals surface area contributed by atoms with Crippen molar-refractivity contribution in [2.24, 2.45) is 0 Å². The van der Waals surface area contributed by atoms with Crippen molar-refractivity contribution in [3.8, 4) is 0 Å². The van der Waals surface area contributed by atoms with E-state index in [0.29, 0.717) is 0 Å². The molecule has 0 aliphatic heterocycles. The van der Waals surface area contributed by atoms with E-state index < -0.39 is 0 Å². The summed E-state index contributed by atoms with van der Waals surface area (Å²) in [7, 11) is 1.66. The SMILES string of the molecule is C=CC(=CCCC)OC. The van der Waals surface area contributed by atoms with Crippen LogP contribution in [0.5, 0.6) is 0 Å². The van der Waals surface area contributed by atoms with E-state index in [1.165, 1.54) is 0 Å². The second kappa shape index (κ2) is 5.42. The molecule has 0 saturated heterocycles. The van der Waals surface area contributed by atoms with E-state index in [-0.39, 0.29) is 0 Å². The van der Waals surface area contributed by atoms with Crippen LogP contribution in [-0.4, -0.2) is 7.11 Å². The molecule has 0 aliphatic rings. The molecular formula is C8H14O. The lowest BCUT2D eigenvalue weighted by Gasteiger charge is -1.96. The third kappa shape index (κ3) is 3.83. The minimum absolute atomic E-state index is 0.872. The van der Waals surface area contributed by atoms with Crippen molar-refractivity contribution in [3.05, 3.63) is 24.5 Å². The Kier molecular flexibility index (Phi) is 4.98. The van der Waals surface area contributed by atoms with Crippen LogP contribution in [0.4, 0.5) is 0 Å². The average molecular weight is 126 g/mol. The molecule has 0 heterocycles. The molecule has 0 bridgehead atoms. The highest BCUT2D eigenvalue weighted by Gasteiger charge is 1.83. The first kappa shape index (κ1) is 8.28. The summed E-state index contributed by atoms with van der Waals surface area (Å²) in [6, 6.07) is 0. The Bertz CT molecular complexity index is 103. The van der Waals surface area contributed by atoms with Crippen LogP contribution in [-0.2, 0) is 4.74 Å². The second-order valence-electron chi connectivity index (χ2n) is 1.80. The highest BCUT2D eigenvalue weighted by molar-refractivity contribution is 5.07. The number of methoxy groups -OCH3 is 1. The van der Waals surface area contributed by atoms with E-state index in [1.54, 1.807) is 13.2 Å². The summed E-state index contributed by atoms with van der Waals surface area (Å²) >= 11 is 0. The molecule has 9 heavy (non-hydrogen) atoms. The van der Waals surface area contributed by atoms with Crippen molar-refractivity contribution in [2.75, 3.05) is 7.11 Å². The van der Waals surface area contributed by atoms with Crippen LogP contribution < -0.4 is 0 Å². The molecule has 0 unspecified atom stereocenters. The Morgan fingerprint density at radius 1 is 1.67 bits per heavy atom. The molecule has 0 aromatic rings. The third-order valence-electron chi connectivity index (χ3n) is 1.07. The lowest BCUT2D eigenvalue weighted by atomic mass is 10.3. The summed E-state index contributed by atoms with van der Waals surface area (Å²) in [4.78, 5) is 0. The Balaban J connectivity index is 3.61. The lowest BCUT2D eigenvalue weighted by Crippen LogP contribution is -1.79. The van der Waals surface area contributed by atoms with E-state index >= 15 is 0 Å². The van der Waals surface area contributed by atoms with Crippen molar-refractivity contribution in [2.45, 2.75) is 19.8 Å². The molecule has 0 amide bonds. The molecule has 0 aromatic heterocycles. The van der Waals surface area contributed by atoms with Crippen LogP contribution in [0.1, 0.15) is 19.8 Å². The van der Waals surface area contributed by atoms with Crippen molar-refractivity contribution in [1.82, 2.24) is 0 Å². The maximum atomic E-state index is 4.94. The van der Waals surface area contributed by atoms with Crippen LogP contribution in [0.2, 0.25) is 0 Å². The number of hydrogen-bond donors (Lipinski definition) is 0. The third-order valence-corrected chi connectivity index (χ3v) is 1.07. The van der Waals surface area contributed by atoms with Gasteiger partial charge in [-0.05, 0) is 18.6 Å². The van der Waals surface area contributed by atoms with Gasteiger partial charge in [0, 0.05) is 0 Å². The Hall–Kier alpha value is -0.720. The molecule has 0 N–H and O–H groups in total. The zero-order chi connectivity index (χ0) is 7.11. The predicted octanol–water partition coefficient (Wildman–Crippen LogP) is 2.50. The lowest BCUT2D eigenvalue weighted by molar-refractivity contribution is 0.305. The van der Waals surface area contributed by atoms with E-state index in [2.05, 4.69) is 13.5 Å². The molecule has 52 valence electrons. The van der Waals surface area contributed by atoms with Gasteiger partial charge in [-0.15, -0.1) is 0 Å². The number of hydrogen-bond acceptors (Lipinski definition) is 1. The van der Waals surface area contributed by atoms with Gasteiger partial charge in [0.05, 0.1) is 7.11 Å². The smallest absolute Gasteiger partial charge is 0.114 e. The standard InChI is InChI=1S/C8H14O/c1-4-6-7-8(5-2)9-3/h5,7H,2,4,6H2,1,3H3. The van der Waals surface area contributed by atoms with Crippen molar-refractivity contribution in [3.63, 3.8) is 0 Å². The summed E-state index contributed by atoms with van der Waals surface area (Å²) in [6.07, 6.45) is 5.97. The molecule has 1 heteroatoms. The van der Waals surface area contributed by atoms with Gasteiger partial charge in [-0.2, -0.15) is 0 Å². The first-order chi connectivity index (χ1) is 4.35. The molecule has 0 aromatic carbocycles. The topological polar surface area (TPSA) is 9.23 Å². The largest absolute Gasteiger partial charge is 0.497 e. The van der Waals surface area contributed by atoms with Gasteiger partial charge in [0.25, 0.3) is 0 Å². The highest BCUT2D eigenvalue weighted by Crippen LogP contribution is 1.99. The summed E-state index contributed by atoms with van der Waals surface area (Å²) in [5.41, 5.74) is 0. The van der Waals surface area contributed by atoms with Gasteiger partial charge in [0.15, 0.2) is 0 Å². The number of rotatable bonds is 4. The number of ether oxygens (including phenoxy) is 1. The van der Waals surface area contributed by atoms with Gasteiger partial charge in [0.2, 0.25) is 0 Å². The second-order valence-corrected chi connectivity index (χ2v) is 1.80. The fourth-order valence-electron chi connectivity index (χ4n) is 0.537. The van der Waals surface area contributed by atoms with Gasteiger partial charge in [-0.25, -0.2) is 0 Å². The molecular weight excluding hydrogens is 112 g/mol. The number of allylic oxidation sites excluding steroid dienone is 2. The number of unbranched alkanes of at least 4 members (excludes halogenated alkanes) is 1. The van der Waals surface area contributed by atoms with Crippen LogP contribution in [0.15, 0.2) is 24.5 Å². The average Bonchev–Trinajstić information content (AvgIpc) is 1.91. The molecule has 1 nitrogen and oxygen atoms in total. The van der Waals surface area contributed by atoms with E-state index in [1.807, 2.05) is 6.08 Å². The minimum atomic E-state index is 0.872. The molecule has 0 radical (unpaired) electrons. The Morgan fingerprint density at radius 2 is 2.33 bits per heavy atom. The Labute approximate surface area is 57.0 Å². The minimum Gasteiger partial charge on any atom is -0.497 e. The molecule has 0 aliphatic carbocycles. The molecule has 0 atom stereocenters. The maximum Gasteiger partial charge on any atom is 0.114 e. The molecule has 0 fully saturated rings. The molecule has 0 saturated carbocycles. The summed E-state index contributed by atoms with van der Waals surface area (Å²) < 4.78 is 4.94. The fraction of sp³-hybridized carbons (Fsp3) is 0.500. The van der Waals surface area contributed by atoms with Crippen LogP contribution in [0, 0.1) is 0 Å².